The summed E-state index contributed by atoms with van der Waals surface area (Å²) in [6.45, 7) is 1.46. The highest BCUT2D eigenvalue weighted by molar-refractivity contribution is 8.01. The molecule has 2 aliphatic heterocycles. The molecule has 156 valence electrons. The molecule has 1 aromatic rings. The van der Waals surface area contributed by atoms with Crippen molar-refractivity contribution in [1.29, 1.82) is 0 Å². The predicted octanol–water partition coefficient (Wildman–Crippen LogP) is 3.12. The van der Waals surface area contributed by atoms with Gasteiger partial charge in [-0.15, -0.1) is 11.8 Å². The lowest BCUT2D eigenvalue weighted by molar-refractivity contribution is -0.143. The second-order valence-corrected chi connectivity index (χ2v) is 8.95. The van der Waals surface area contributed by atoms with Crippen molar-refractivity contribution in [2.24, 2.45) is 21.1 Å². The van der Waals surface area contributed by atoms with E-state index in [1.807, 2.05) is 4.90 Å². The van der Waals surface area contributed by atoms with E-state index in [0.717, 1.165) is 63.2 Å². The smallest absolute Gasteiger partial charge is 0.341 e. The van der Waals surface area contributed by atoms with E-state index in [2.05, 4.69) is 15.0 Å². The second-order valence-electron chi connectivity index (χ2n) is 7.76. The van der Waals surface area contributed by atoms with Crippen LogP contribution in [-0.2, 0) is 11.0 Å². The Morgan fingerprint density at radius 1 is 1.24 bits per heavy atom. The largest absolute Gasteiger partial charge is 0.434 e. The molecule has 1 saturated heterocycles. The molecule has 1 unspecified atom stereocenters. The number of halogens is 3. The highest BCUT2D eigenvalue weighted by Gasteiger charge is 2.43. The van der Waals surface area contributed by atoms with Crippen molar-refractivity contribution in [1.82, 2.24) is 9.88 Å². The number of amides is 1. The third-order valence-electron chi connectivity index (χ3n) is 6.09. The number of hydrogen-bond donors (Lipinski definition) is 1. The van der Waals surface area contributed by atoms with Crippen molar-refractivity contribution >= 4 is 29.8 Å². The number of rotatable bonds is 2. The lowest BCUT2D eigenvalue weighted by Gasteiger charge is -2.42. The summed E-state index contributed by atoms with van der Waals surface area (Å²) in [5.41, 5.74) is 5.49. The van der Waals surface area contributed by atoms with Crippen molar-refractivity contribution in [3.05, 3.63) is 24.0 Å². The Morgan fingerprint density at radius 2 is 2.00 bits per heavy atom. The van der Waals surface area contributed by atoms with E-state index in [9.17, 15) is 18.0 Å². The molecule has 1 aliphatic carbocycles. The van der Waals surface area contributed by atoms with Gasteiger partial charge in [0.1, 0.15) is 5.25 Å². The third-order valence-corrected chi connectivity index (χ3v) is 7.25. The van der Waals surface area contributed by atoms with Gasteiger partial charge < -0.3 is 10.6 Å². The van der Waals surface area contributed by atoms with Crippen LogP contribution in [0.1, 0.15) is 37.8 Å². The third kappa shape index (κ3) is 4.05. The lowest BCUT2D eigenvalue weighted by atomic mass is 9.74. The molecule has 0 radical (unpaired) electrons. The van der Waals surface area contributed by atoms with Crippen LogP contribution < -0.4 is 5.73 Å². The number of pyridine rings is 1. The number of aliphatic imine (C=N–C) groups is 2. The van der Waals surface area contributed by atoms with E-state index in [-0.39, 0.29) is 16.4 Å². The molecule has 1 spiro atoms. The van der Waals surface area contributed by atoms with Gasteiger partial charge in [0.2, 0.25) is 5.96 Å². The molecule has 2 fully saturated rings. The molecule has 29 heavy (non-hydrogen) atoms. The summed E-state index contributed by atoms with van der Waals surface area (Å²) in [7, 11) is 0. The van der Waals surface area contributed by atoms with Crippen LogP contribution in [0.4, 0.5) is 13.2 Å². The average molecular weight is 425 g/mol. The number of carbonyl (C=O) groups excluding carboxylic acids is 1. The summed E-state index contributed by atoms with van der Waals surface area (Å²) in [4.78, 5) is 26.1. The van der Waals surface area contributed by atoms with Crippen LogP contribution in [0.15, 0.2) is 33.2 Å². The zero-order valence-electron chi connectivity index (χ0n) is 15.7. The number of hydrogen-bond acceptors (Lipinski definition) is 6. The highest BCUT2D eigenvalue weighted by Crippen LogP contribution is 2.45. The minimum absolute atomic E-state index is 0.112. The molecule has 10 heteroatoms. The molecule has 1 saturated carbocycles. The minimum atomic E-state index is -4.59. The Morgan fingerprint density at radius 3 is 2.62 bits per heavy atom. The van der Waals surface area contributed by atoms with Crippen LogP contribution in [-0.4, -0.2) is 52.3 Å². The Hall–Kier alpha value is -1.94. The van der Waals surface area contributed by atoms with E-state index >= 15 is 0 Å². The first-order chi connectivity index (χ1) is 13.8. The van der Waals surface area contributed by atoms with Crippen LogP contribution in [0.2, 0.25) is 0 Å². The van der Waals surface area contributed by atoms with E-state index in [1.165, 1.54) is 18.3 Å². The fourth-order valence-electron chi connectivity index (χ4n) is 4.40. The normalized spacial score (nSPS) is 26.8. The first-order valence-corrected chi connectivity index (χ1v) is 10.5. The summed E-state index contributed by atoms with van der Waals surface area (Å²) in [5, 5.41) is -0.900. The van der Waals surface area contributed by atoms with Crippen LogP contribution in [0, 0.1) is 5.41 Å². The summed E-state index contributed by atoms with van der Waals surface area (Å²) in [6.07, 6.45) is 3.13. The number of alkyl halides is 3. The molecule has 3 heterocycles. The first-order valence-electron chi connectivity index (χ1n) is 9.65. The number of thioether (sulfide) groups is 1. The number of carbonyl (C=O) groups is 1. The van der Waals surface area contributed by atoms with E-state index < -0.39 is 23.0 Å². The van der Waals surface area contributed by atoms with Crippen molar-refractivity contribution in [3.8, 4) is 0 Å². The number of guanidine groups is 1. The van der Waals surface area contributed by atoms with Gasteiger partial charge in [-0.05, 0) is 43.2 Å². The van der Waals surface area contributed by atoms with Crippen LogP contribution >= 0.6 is 11.8 Å². The predicted molar refractivity (Wildman–Crippen MR) is 105 cm³/mol. The van der Waals surface area contributed by atoms with Gasteiger partial charge in [0.05, 0.1) is 0 Å². The fraction of sp³-hybridized carbons (Fsp3) is 0.579. The zero-order chi connectivity index (χ0) is 20.6. The number of piperidine rings is 1. The van der Waals surface area contributed by atoms with Crippen LogP contribution in [0.3, 0.4) is 0 Å². The summed E-state index contributed by atoms with van der Waals surface area (Å²) in [5.74, 6) is -0.162. The van der Waals surface area contributed by atoms with E-state index in [1.54, 1.807) is 0 Å². The average Bonchev–Trinajstić information content (AvgIpc) is 3.03. The Kier molecular flexibility index (Phi) is 5.41. The molecular weight excluding hydrogens is 403 g/mol. The molecular formula is C19H22F3N5OS. The quantitative estimate of drug-likeness (QED) is 0.787. The maximum absolute atomic E-state index is 13.1. The molecule has 1 aromatic heterocycles. The van der Waals surface area contributed by atoms with Crippen molar-refractivity contribution < 1.29 is 18.0 Å². The second kappa shape index (κ2) is 7.71. The molecule has 0 bridgehead atoms. The SMILES string of the molecule is N[C@@H]1CCCC12CCN(C1=NC(=O)C(Sc3cccnc3C(F)(F)F)C=N1)CC2. The van der Waals surface area contributed by atoms with Crippen molar-refractivity contribution in [2.45, 2.75) is 54.5 Å². The van der Waals surface area contributed by atoms with Crippen molar-refractivity contribution in [3.63, 3.8) is 0 Å². The monoisotopic (exact) mass is 425 g/mol. The number of likely N-dealkylation sites (tertiary alicyclic amines) is 1. The van der Waals surface area contributed by atoms with Gasteiger partial charge in [-0.3, -0.25) is 9.78 Å². The fourth-order valence-corrected chi connectivity index (χ4v) is 5.38. The maximum atomic E-state index is 13.1. The van der Waals surface area contributed by atoms with Crippen LogP contribution in [0.5, 0.6) is 0 Å². The van der Waals surface area contributed by atoms with Gasteiger partial charge in [0.15, 0.2) is 5.69 Å². The molecule has 1 amide bonds. The van der Waals surface area contributed by atoms with Gasteiger partial charge in [0, 0.05) is 36.4 Å². The topological polar surface area (TPSA) is 83.9 Å². The van der Waals surface area contributed by atoms with Gasteiger partial charge >= 0.3 is 6.18 Å². The molecule has 2 N–H and O–H groups in total. The van der Waals surface area contributed by atoms with E-state index in [0.29, 0.717) is 5.96 Å². The number of aromatic nitrogens is 1. The molecule has 4 rings (SSSR count). The Balaban J connectivity index is 1.42. The first kappa shape index (κ1) is 20.3. The lowest BCUT2D eigenvalue weighted by Crippen LogP contribution is -2.48. The highest BCUT2D eigenvalue weighted by atomic mass is 32.2. The van der Waals surface area contributed by atoms with E-state index in [4.69, 9.17) is 5.73 Å². The molecule has 2 atom stereocenters. The Labute approximate surface area is 170 Å². The van der Waals surface area contributed by atoms with Crippen molar-refractivity contribution in [2.75, 3.05) is 13.1 Å². The summed E-state index contributed by atoms with van der Waals surface area (Å²) < 4.78 is 39.4. The van der Waals surface area contributed by atoms with Crippen LogP contribution in [0.25, 0.3) is 0 Å². The van der Waals surface area contributed by atoms with Gasteiger partial charge in [-0.25, -0.2) is 4.99 Å². The van der Waals surface area contributed by atoms with Gasteiger partial charge in [-0.1, -0.05) is 6.42 Å². The summed E-state index contributed by atoms with van der Waals surface area (Å²) >= 11 is 0.767. The molecule has 3 aliphatic rings. The zero-order valence-corrected chi connectivity index (χ0v) is 16.5. The Bertz CT molecular complexity index is 848. The van der Waals surface area contributed by atoms with Gasteiger partial charge in [-0.2, -0.15) is 18.2 Å². The molecule has 6 nitrogen and oxygen atoms in total. The maximum Gasteiger partial charge on any atom is 0.434 e. The molecule has 0 aromatic carbocycles. The number of nitrogens with two attached hydrogens (primary N) is 1. The summed E-state index contributed by atoms with van der Waals surface area (Å²) in [6, 6.07) is 2.94. The van der Waals surface area contributed by atoms with Gasteiger partial charge in [0.25, 0.3) is 5.91 Å². The number of nitrogens with zero attached hydrogens (tertiary/aromatic N) is 4. The standard InChI is InChI=1S/C19H22F3N5OS/c20-19(21,22)15-12(3-2-8-24-15)29-13-11-25-17(26-16(13)28)27-9-6-18(7-10-27)5-1-4-14(18)23/h2-3,8,11,13-14H,1,4-7,9-10,23H2/t13?,14-/m1/s1. The minimum Gasteiger partial charge on any atom is -0.341 e.